The van der Waals surface area contributed by atoms with Crippen LogP contribution in [0.1, 0.15) is 46.0 Å². The molecule has 0 aromatic carbocycles. The number of nitrogens with zero attached hydrogens (tertiary/aromatic N) is 2. The highest BCUT2D eigenvalue weighted by Crippen LogP contribution is 2.36. The van der Waals surface area contributed by atoms with Gasteiger partial charge in [-0.05, 0) is 52.9 Å². The zero-order chi connectivity index (χ0) is 14.0. The first-order valence-corrected chi connectivity index (χ1v) is 7.83. The van der Waals surface area contributed by atoms with Crippen molar-refractivity contribution in [1.29, 1.82) is 0 Å². The number of carbonyl (C=O) groups excluding carboxylic acids is 1. The zero-order valence-corrected chi connectivity index (χ0v) is 13.1. The Morgan fingerprint density at radius 2 is 1.84 bits per heavy atom. The molecule has 1 heterocycles. The minimum Gasteiger partial charge on any atom is -0.306 e. The van der Waals surface area contributed by atoms with Crippen LogP contribution in [-0.4, -0.2) is 55.4 Å². The summed E-state index contributed by atoms with van der Waals surface area (Å²) in [5.41, 5.74) is -0.0785. The van der Waals surface area contributed by atoms with E-state index in [2.05, 4.69) is 37.7 Å². The highest BCUT2D eigenvalue weighted by Gasteiger charge is 2.38. The third-order valence-electron chi connectivity index (χ3n) is 5.16. The van der Waals surface area contributed by atoms with E-state index in [0.717, 1.165) is 38.5 Å². The Labute approximate surface area is 118 Å². The first kappa shape index (κ1) is 15.0. The third kappa shape index (κ3) is 3.57. The molecule has 2 rings (SSSR count). The lowest BCUT2D eigenvalue weighted by Gasteiger charge is -2.39. The Morgan fingerprint density at radius 3 is 2.42 bits per heavy atom. The molecule has 1 atom stereocenters. The van der Waals surface area contributed by atoms with Gasteiger partial charge >= 0.3 is 0 Å². The quantitative estimate of drug-likeness (QED) is 0.784. The molecule has 2 aliphatic rings. The summed E-state index contributed by atoms with van der Waals surface area (Å²) in [7, 11) is 4.35. The average Bonchev–Trinajstić information content (AvgIpc) is 2.35. The van der Waals surface area contributed by atoms with Gasteiger partial charge in [-0.2, -0.15) is 0 Å². The van der Waals surface area contributed by atoms with Crippen molar-refractivity contribution >= 4 is 5.78 Å². The van der Waals surface area contributed by atoms with Crippen LogP contribution >= 0.6 is 0 Å². The molecule has 110 valence electrons. The SMILES string of the molecule is CN(C)C1CCN(CC2CCCC(C)(C)C2=O)CC1. The predicted molar refractivity (Wildman–Crippen MR) is 79.3 cm³/mol. The Morgan fingerprint density at radius 1 is 1.21 bits per heavy atom. The normalized spacial score (nSPS) is 29.9. The van der Waals surface area contributed by atoms with Crippen molar-refractivity contribution in [1.82, 2.24) is 9.80 Å². The molecule has 1 aliphatic carbocycles. The van der Waals surface area contributed by atoms with E-state index in [4.69, 9.17) is 0 Å². The van der Waals surface area contributed by atoms with Gasteiger partial charge in [0, 0.05) is 23.9 Å². The second kappa shape index (κ2) is 5.92. The largest absolute Gasteiger partial charge is 0.306 e. The fourth-order valence-electron chi connectivity index (χ4n) is 3.70. The van der Waals surface area contributed by atoms with Gasteiger partial charge in [-0.3, -0.25) is 4.79 Å². The van der Waals surface area contributed by atoms with Crippen LogP contribution in [0.2, 0.25) is 0 Å². The topological polar surface area (TPSA) is 23.6 Å². The molecule has 0 N–H and O–H groups in total. The molecule has 1 saturated heterocycles. The third-order valence-corrected chi connectivity index (χ3v) is 5.16. The van der Waals surface area contributed by atoms with Crippen molar-refractivity contribution in [3.05, 3.63) is 0 Å². The van der Waals surface area contributed by atoms with E-state index in [1.165, 1.54) is 19.3 Å². The Balaban J connectivity index is 1.84. The van der Waals surface area contributed by atoms with Crippen LogP contribution in [0.4, 0.5) is 0 Å². The molecule has 0 amide bonds. The van der Waals surface area contributed by atoms with Gasteiger partial charge in [-0.1, -0.05) is 20.3 Å². The molecule has 1 aliphatic heterocycles. The summed E-state index contributed by atoms with van der Waals surface area (Å²) in [5, 5.41) is 0. The van der Waals surface area contributed by atoms with E-state index >= 15 is 0 Å². The van der Waals surface area contributed by atoms with Crippen LogP contribution in [0.5, 0.6) is 0 Å². The van der Waals surface area contributed by atoms with Gasteiger partial charge in [-0.15, -0.1) is 0 Å². The van der Waals surface area contributed by atoms with Gasteiger partial charge in [0.2, 0.25) is 0 Å². The number of ketones is 1. The van der Waals surface area contributed by atoms with Gasteiger partial charge in [0.25, 0.3) is 0 Å². The van der Waals surface area contributed by atoms with E-state index in [1.807, 2.05) is 0 Å². The van der Waals surface area contributed by atoms with Crippen molar-refractivity contribution < 1.29 is 4.79 Å². The van der Waals surface area contributed by atoms with Crippen LogP contribution in [0.3, 0.4) is 0 Å². The smallest absolute Gasteiger partial charge is 0.142 e. The summed E-state index contributed by atoms with van der Waals surface area (Å²) < 4.78 is 0. The number of rotatable bonds is 3. The number of hydrogen-bond acceptors (Lipinski definition) is 3. The van der Waals surface area contributed by atoms with Gasteiger partial charge in [-0.25, -0.2) is 0 Å². The predicted octanol–water partition coefficient (Wildman–Crippen LogP) is 2.41. The van der Waals surface area contributed by atoms with Gasteiger partial charge < -0.3 is 9.80 Å². The van der Waals surface area contributed by atoms with E-state index < -0.39 is 0 Å². The van der Waals surface area contributed by atoms with E-state index in [0.29, 0.717) is 11.7 Å². The molecule has 0 radical (unpaired) electrons. The summed E-state index contributed by atoms with van der Waals surface area (Å²) >= 11 is 0. The fourth-order valence-corrected chi connectivity index (χ4v) is 3.70. The highest BCUT2D eigenvalue weighted by atomic mass is 16.1. The van der Waals surface area contributed by atoms with Crippen molar-refractivity contribution in [3.8, 4) is 0 Å². The van der Waals surface area contributed by atoms with Crippen LogP contribution in [0.25, 0.3) is 0 Å². The lowest BCUT2D eigenvalue weighted by molar-refractivity contribution is -0.135. The molecule has 1 saturated carbocycles. The van der Waals surface area contributed by atoms with Crippen LogP contribution in [-0.2, 0) is 4.79 Å². The number of likely N-dealkylation sites (tertiary alicyclic amines) is 1. The highest BCUT2D eigenvalue weighted by molar-refractivity contribution is 5.87. The number of carbonyl (C=O) groups is 1. The summed E-state index contributed by atoms with van der Waals surface area (Å²) in [4.78, 5) is 17.3. The molecule has 19 heavy (non-hydrogen) atoms. The van der Waals surface area contributed by atoms with E-state index in [9.17, 15) is 4.79 Å². The molecule has 0 aromatic rings. The molecule has 2 fully saturated rings. The minimum atomic E-state index is -0.0785. The maximum atomic E-state index is 12.5. The molecular formula is C16H30N2O. The lowest BCUT2D eigenvalue weighted by atomic mass is 9.71. The number of hydrogen-bond donors (Lipinski definition) is 0. The number of Topliss-reactive ketones (excluding diaryl/α,β-unsaturated/α-hetero) is 1. The summed E-state index contributed by atoms with van der Waals surface area (Å²) in [6.45, 7) is 7.57. The molecule has 0 spiro atoms. The van der Waals surface area contributed by atoms with Crippen LogP contribution in [0, 0.1) is 11.3 Å². The maximum absolute atomic E-state index is 12.5. The fraction of sp³-hybridized carbons (Fsp3) is 0.938. The molecule has 3 nitrogen and oxygen atoms in total. The van der Waals surface area contributed by atoms with Crippen LogP contribution in [0.15, 0.2) is 0 Å². The molecular weight excluding hydrogens is 236 g/mol. The summed E-state index contributed by atoms with van der Waals surface area (Å²) in [6.07, 6.45) is 5.90. The van der Waals surface area contributed by atoms with Crippen molar-refractivity contribution in [2.45, 2.75) is 52.0 Å². The van der Waals surface area contributed by atoms with Gasteiger partial charge in [0.05, 0.1) is 0 Å². The second-order valence-corrected chi connectivity index (χ2v) is 7.33. The molecule has 3 heteroatoms. The Kier molecular flexibility index (Phi) is 4.67. The lowest BCUT2D eigenvalue weighted by Crippen LogP contribution is -2.46. The minimum absolute atomic E-state index is 0.0785. The van der Waals surface area contributed by atoms with E-state index in [-0.39, 0.29) is 5.41 Å². The van der Waals surface area contributed by atoms with Crippen molar-refractivity contribution in [2.75, 3.05) is 33.7 Å². The summed E-state index contributed by atoms with van der Waals surface area (Å²) in [6, 6.07) is 0.731. The first-order chi connectivity index (χ1) is 8.90. The standard InChI is InChI=1S/C16H30N2O/c1-16(2)9-5-6-13(15(16)19)12-18-10-7-14(8-11-18)17(3)4/h13-14H,5-12H2,1-4H3. The average molecular weight is 266 g/mol. The molecule has 1 unspecified atom stereocenters. The van der Waals surface area contributed by atoms with E-state index in [1.54, 1.807) is 0 Å². The van der Waals surface area contributed by atoms with Gasteiger partial charge in [0.1, 0.15) is 5.78 Å². The zero-order valence-electron chi connectivity index (χ0n) is 13.1. The maximum Gasteiger partial charge on any atom is 0.142 e. The second-order valence-electron chi connectivity index (χ2n) is 7.33. The first-order valence-electron chi connectivity index (χ1n) is 7.83. The summed E-state index contributed by atoms with van der Waals surface area (Å²) in [5.74, 6) is 0.799. The Bertz CT molecular complexity index is 317. The van der Waals surface area contributed by atoms with Crippen molar-refractivity contribution in [2.24, 2.45) is 11.3 Å². The Hall–Kier alpha value is -0.410. The van der Waals surface area contributed by atoms with Crippen LogP contribution < -0.4 is 0 Å². The van der Waals surface area contributed by atoms with Gasteiger partial charge in [0.15, 0.2) is 0 Å². The van der Waals surface area contributed by atoms with Crippen molar-refractivity contribution in [3.63, 3.8) is 0 Å². The number of piperidine rings is 1. The molecule has 0 bridgehead atoms. The molecule has 0 aromatic heterocycles. The monoisotopic (exact) mass is 266 g/mol.